The smallest absolute Gasteiger partial charge is 0.326 e. The van der Waals surface area contributed by atoms with E-state index < -0.39 is 6.03 Å². The minimum absolute atomic E-state index is 0.265. The lowest BCUT2D eigenvalue weighted by Crippen LogP contribution is -2.33. The number of nitrogens with two attached hydrogens (primary N) is 1. The van der Waals surface area contributed by atoms with Crippen LogP contribution in [0, 0.1) is 6.92 Å². The van der Waals surface area contributed by atoms with Crippen LogP contribution in [0.2, 0.25) is 0 Å². The highest BCUT2D eigenvalue weighted by molar-refractivity contribution is 5.97. The maximum absolute atomic E-state index is 11.6. The fraction of sp³-hybridized carbons (Fsp3) is 0.250. The number of hydrogen-bond donors (Lipinski definition) is 2. The van der Waals surface area contributed by atoms with Gasteiger partial charge in [0.1, 0.15) is 5.82 Å². The van der Waals surface area contributed by atoms with Gasteiger partial charge in [-0.3, -0.25) is 5.10 Å². The van der Waals surface area contributed by atoms with Gasteiger partial charge >= 0.3 is 6.03 Å². The summed E-state index contributed by atoms with van der Waals surface area (Å²) in [5, 5.41) is 6.68. The summed E-state index contributed by atoms with van der Waals surface area (Å²) in [6.45, 7) is 3.78. The van der Waals surface area contributed by atoms with Crippen molar-refractivity contribution in [3.63, 3.8) is 0 Å². The molecule has 0 aliphatic rings. The SMILES string of the molecule is CCc1ccccc1N(C(N)=O)c1n[nH]c(C)n1. The second-order valence-corrected chi connectivity index (χ2v) is 3.88. The molecule has 2 rings (SSSR count). The fourth-order valence-corrected chi connectivity index (χ4v) is 1.78. The van der Waals surface area contributed by atoms with Crippen molar-refractivity contribution in [1.82, 2.24) is 15.2 Å². The molecule has 0 spiro atoms. The third-order valence-electron chi connectivity index (χ3n) is 2.62. The Balaban J connectivity index is 2.51. The molecule has 0 bridgehead atoms. The lowest BCUT2D eigenvalue weighted by Gasteiger charge is -2.19. The molecule has 1 aromatic heterocycles. The Bertz CT molecular complexity index is 563. The number of aromatic amines is 1. The van der Waals surface area contributed by atoms with Crippen LogP contribution in [0.5, 0.6) is 0 Å². The summed E-state index contributed by atoms with van der Waals surface area (Å²) in [6.07, 6.45) is 0.795. The summed E-state index contributed by atoms with van der Waals surface area (Å²) < 4.78 is 0. The molecular formula is C12H15N5O. The van der Waals surface area contributed by atoms with Crippen molar-refractivity contribution in [2.45, 2.75) is 20.3 Å². The number of hydrogen-bond acceptors (Lipinski definition) is 3. The molecule has 0 atom stereocenters. The molecule has 1 heterocycles. The standard InChI is InChI=1S/C12H15N5O/c1-3-9-6-4-5-7-10(9)17(11(13)18)12-14-8(2)15-16-12/h4-7H,3H2,1-2H3,(H2,13,18)(H,14,15,16). The topological polar surface area (TPSA) is 87.9 Å². The Morgan fingerprint density at radius 3 is 2.72 bits per heavy atom. The lowest BCUT2D eigenvalue weighted by atomic mass is 10.1. The first kappa shape index (κ1) is 12.1. The number of nitrogens with zero attached hydrogens (tertiary/aromatic N) is 3. The average Bonchev–Trinajstić information content (AvgIpc) is 2.76. The number of amides is 2. The Morgan fingerprint density at radius 1 is 1.44 bits per heavy atom. The quantitative estimate of drug-likeness (QED) is 0.865. The van der Waals surface area contributed by atoms with Crippen molar-refractivity contribution < 1.29 is 4.79 Å². The number of anilines is 2. The number of para-hydroxylation sites is 1. The van der Waals surface area contributed by atoms with Gasteiger partial charge in [-0.05, 0) is 25.0 Å². The van der Waals surface area contributed by atoms with Crippen LogP contribution in [0.3, 0.4) is 0 Å². The predicted octanol–water partition coefficient (Wildman–Crippen LogP) is 1.89. The van der Waals surface area contributed by atoms with Crippen molar-refractivity contribution in [1.29, 1.82) is 0 Å². The van der Waals surface area contributed by atoms with E-state index in [9.17, 15) is 4.79 Å². The molecule has 0 aliphatic heterocycles. The zero-order chi connectivity index (χ0) is 13.1. The normalized spacial score (nSPS) is 10.3. The van der Waals surface area contributed by atoms with Crippen LogP contribution in [-0.2, 0) is 6.42 Å². The van der Waals surface area contributed by atoms with Crippen LogP contribution in [0.4, 0.5) is 16.4 Å². The van der Waals surface area contributed by atoms with Crippen molar-refractivity contribution >= 4 is 17.7 Å². The van der Waals surface area contributed by atoms with E-state index in [1.165, 1.54) is 4.90 Å². The lowest BCUT2D eigenvalue weighted by molar-refractivity contribution is 0.256. The maximum Gasteiger partial charge on any atom is 0.326 e. The summed E-state index contributed by atoms with van der Waals surface area (Å²) in [5.74, 6) is 0.895. The zero-order valence-electron chi connectivity index (χ0n) is 10.3. The molecule has 0 aliphatic carbocycles. The van der Waals surface area contributed by atoms with Crippen molar-refractivity contribution in [2.75, 3.05) is 4.90 Å². The minimum Gasteiger partial charge on any atom is -0.351 e. The van der Waals surface area contributed by atoms with Gasteiger partial charge in [0.15, 0.2) is 0 Å². The summed E-state index contributed by atoms with van der Waals surface area (Å²) in [4.78, 5) is 17.1. The fourth-order valence-electron chi connectivity index (χ4n) is 1.78. The monoisotopic (exact) mass is 245 g/mol. The van der Waals surface area contributed by atoms with Crippen LogP contribution >= 0.6 is 0 Å². The number of primary amides is 1. The van der Waals surface area contributed by atoms with Gasteiger partial charge < -0.3 is 5.73 Å². The first-order valence-corrected chi connectivity index (χ1v) is 5.70. The highest BCUT2D eigenvalue weighted by Gasteiger charge is 2.21. The molecule has 2 amide bonds. The van der Waals surface area contributed by atoms with Gasteiger partial charge in [-0.1, -0.05) is 25.1 Å². The Kier molecular flexibility index (Phi) is 3.27. The van der Waals surface area contributed by atoms with Gasteiger partial charge in [0.2, 0.25) is 0 Å². The molecule has 0 saturated carbocycles. The molecule has 94 valence electrons. The highest BCUT2D eigenvalue weighted by atomic mass is 16.2. The Morgan fingerprint density at radius 2 is 2.17 bits per heavy atom. The van der Waals surface area contributed by atoms with E-state index in [-0.39, 0.29) is 5.95 Å². The van der Waals surface area contributed by atoms with Crippen LogP contribution in [0.1, 0.15) is 18.3 Å². The Hall–Kier alpha value is -2.37. The van der Waals surface area contributed by atoms with Crippen molar-refractivity contribution in [3.05, 3.63) is 35.7 Å². The van der Waals surface area contributed by atoms with Gasteiger partial charge in [-0.15, -0.1) is 5.10 Å². The number of aromatic nitrogens is 3. The molecular weight excluding hydrogens is 230 g/mol. The third-order valence-corrected chi connectivity index (χ3v) is 2.62. The Labute approximate surface area is 105 Å². The molecule has 6 nitrogen and oxygen atoms in total. The van der Waals surface area contributed by atoms with Crippen LogP contribution in [0.15, 0.2) is 24.3 Å². The van der Waals surface area contributed by atoms with E-state index in [2.05, 4.69) is 15.2 Å². The van der Waals surface area contributed by atoms with Gasteiger partial charge in [0, 0.05) is 0 Å². The first-order chi connectivity index (χ1) is 8.63. The second kappa shape index (κ2) is 4.87. The van der Waals surface area contributed by atoms with E-state index in [4.69, 9.17) is 5.73 Å². The molecule has 0 radical (unpaired) electrons. The number of urea groups is 1. The van der Waals surface area contributed by atoms with Crippen LogP contribution in [-0.4, -0.2) is 21.2 Å². The highest BCUT2D eigenvalue weighted by Crippen LogP contribution is 2.26. The van der Waals surface area contributed by atoms with E-state index in [1.807, 2.05) is 31.2 Å². The predicted molar refractivity (Wildman–Crippen MR) is 68.7 cm³/mol. The number of aryl methyl sites for hydroxylation is 2. The molecule has 0 saturated heterocycles. The minimum atomic E-state index is -0.602. The number of carbonyl (C=O) groups excluding carboxylic acids is 1. The van der Waals surface area contributed by atoms with Crippen LogP contribution in [0.25, 0.3) is 0 Å². The van der Waals surface area contributed by atoms with Crippen molar-refractivity contribution in [2.24, 2.45) is 5.73 Å². The second-order valence-electron chi connectivity index (χ2n) is 3.88. The van der Waals surface area contributed by atoms with E-state index in [0.717, 1.165) is 12.0 Å². The molecule has 6 heteroatoms. The van der Waals surface area contributed by atoms with E-state index in [1.54, 1.807) is 6.92 Å². The maximum atomic E-state index is 11.6. The molecule has 3 N–H and O–H groups in total. The summed E-state index contributed by atoms with van der Waals surface area (Å²) in [7, 11) is 0. The van der Waals surface area contributed by atoms with Crippen LogP contribution < -0.4 is 10.6 Å². The molecule has 2 aromatic rings. The van der Waals surface area contributed by atoms with Gasteiger partial charge in [-0.2, -0.15) is 4.98 Å². The zero-order valence-corrected chi connectivity index (χ0v) is 10.3. The first-order valence-electron chi connectivity index (χ1n) is 5.70. The summed E-state index contributed by atoms with van der Waals surface area (Å²) in [6, 6.07) is 6.95. The molecule has 1 aromatic carbocycles. The largest absolute Gasteiger partial charge is 0.351 e. The number of carbonyl (C=O) groups is 1. The number of nitrogens with one attached hydrogen (secondary N) is 1. The summed E-state index contributed by atoms with van der Waals surface area (Å²) in [5.41, 5.74) is 7.15. The van der Waals surface area contributed by atoms with Gasteiger partial charge in [-0.25, -0.2) is 9.69 Å². The number of benzene rings is 1. The molecule has 0 fully saturated rings. The van der Waals surface area contributed by atoms with Crippen molar-refractivity contribution in [3.8, 4) is 0 Å². The van der Waals surface area contributed by atoms with E-state index in [0.29, 0.717) is 11.5 Å². The molecule has 18 heavy (non-hydrogen) atoms. The number of H-pyrrole nitrogens is 1. The molecule has 0 unspecified atom stereocenters. The third kappa shape index (κ3) is 2.17. The van der Waals surface area contributed by atoms with Gasteiger partial charge in [0.05, 0.1) is 5.69 Å². The van der Waals surface area contributed by atoms with E-state index >= 15 is 0 Å². The summed E-state index contributed by atoms with van der Waals surface area (Å²) >= 11 is 0. The average molecular weight is 245 g/mol. The number of rotatable bonds is 3. The van der Waals surface area contributed by atoms with Gasteiger partial charge in [0.25, 0.3) is 5.95 Å².